The van der Waals surface area contributed by atoms with Gasteiger partial charge in [-0.05, 0) is 62.2 Å². The molecular formula is C20H21ClN2O3. The molecule has 0 aromatic heterocycles. The largest absolute Gasteiger partial charge is 0.325 e. The van der Waals surface area contributed by atoms with Gasteiger partial charge in [0, 0.05) is 18.2 Å². The number of hydrogen-bond acceptors (Lipinski definition) is 3. The van der Waals surface area contributed by atoms with Crippen LogP contribution in [0.3, 0.4) is 0 Å². The number of ketones is 1. The average molecular weight is 373 g/mol. The van der Waals surface area contributed by atoms with Crippen LogP contribution in [0.25, 0.3) is 0 Å². The van der Waals surface area contributed by atoms with Crippen molar-refractivity contribution < 1.29 is 14.4 Å². The van der Waals surface area contributed by atoms with Crippen LogP contribution in [0.5, 0.6) is 0 Å². The molecule has 0 saturated carbocycles. The Labute approximate surface area is 158 Å². The predicted octanol–water partition coefficient (Wildman–Crippen LogP) is 4.15. The first-order chi connectivity index (χ1) is 12.2. The Hall–Kier alpha value is -2.66. The topological polar surface area (TPSA) is 66.5 Å². The number of halogens is 1. The van der Waals surface area contributed by atoms with Gasteiger partial charge < -0.3 is 10.2 Å². The predicted molar refractivity (Wildman–Crippen MR) is 104 cm³/mol. The standard InChI is InChI=1S/C20H21ClN2O3/c1-12-9-13(2)20(18(21)10-12)23(15(4)25)11-19(26)22-17-7-5-16(6-8-17)14(3)24/h5-10H,11H2,1-4H3,(H,22,26). The number of carbonyl (C=O) groups is 3. The first kappa shape index (κ1) is 19.7. The van der Waals surface area contributed by atoms with Gasteiger partial charge in [-0.15, -0.1) is 0 Å². The Morgan fingerprint density at radius 3 is 2.15 bits per heavy atom. The fourth-order valence-electron chi connectivity index (χ4n) is 2.73. The molecule has 1 N–H and O–H groups in total. The number of amides is 2. The molecule has 136 valence electrons. The van der Waals surface area contributed by atoms with Crippen LogP contribution in [-0.2, 0) is 9.59 Å². The summed E-state index contributed by atoms with van der Waals surface area (Å²) in [6, 6.07) is 10.3. The van der Waals surface area contributed by atoms with Crippen LogP contribution in [0, 0.1) is 13.8 Å². The average Bonchev–Trinajstić information content (AvgIpc) is 2.53. The first-order valence-corrected chi connectivity index (χ1v) is 8.52. The summed E-state index contributed by atoms with van der Waals surface area (Å²) in [7, 11) is 0. The van der Waals surface area contributed by atoms with Gasteiger partial charge in [0.25, 0.3) is 0 Å². The lowest BCUT2D eigenvalue weighted by atomic mass is 10.1. The van der Waals surface area contributed by atoms with E-state index in [2.05, 4.69) is 5.32 Å². The summed E-state index contributed by atoms with van der Waals surface area (Å²) in [6.07, 6.45) is 0. The molecule has 6 heteroatoms. The van der Waals surface area contributed by atoms with E-state index in [0.29, 0.717) is 22.0 Å². The van der Waals surface area contributed by atoms with E-state index >= 15 is 0 Å². The molecule has 2 amide bonds. The van der Waals surface area contributed by atoms with Gasteiger partial charge in [-0.3, -0.25) is 14.4 Å². The monoisotopic (exact) mass is 372 g/mol. The minimum Gasteiger partial charge on any atom is -0.325 e. The number of hydrogen-bond donors (Lipinski definition) is 1. The van der Waals surface area contributed by atoms with Gasteiger partial charge in [0.05, 0.1) is 10.7 Å². The zero-order chi connectivity index (χ0) is 19.4. The molecule has 0 fully saturated rings. The maximum atomic E-state index is 12.4. The number of Topliss-reactive ketones (excluding diaryl/α,β-unsaturated/α-hetero) is 1. The Morgan fingerprint density at radius 2 is 1.65 bits per heavy atom. The molecule has 0 spiro atoms. The van der Waals surface area contributed by atoms with Crippen molar-refractivity contribution in [2.24, 2.45) is 0 Å². The normalized spacial score (nSPS) is 10.3. The van der Waals surface area contributed by atoms with E-state index in [9.17, 15) is 14.4 Å². The molecule has 0 aliphatic rings. The number of aryl methyl sites for hydroxylation is 2. The van der Waals surface area contributed by atoms with E-state index in [1.165, 1.54) is 18.7 Å². The SMILES string of the molecule is CC(=O)c1ccc(NC(=O)CN(C(C)=O)c2c(C)cc(C)cc2Cl)cc1. The summed E-state index contributed by atoms with van der Waals surface area (Å²) in [5, 5.41) is 3.15. The first-order valence-electron chi connectivity index (χ1n) is 8.14. The van der Waals surface area contributed by atoms with Gasteiger partial charge in [0.15, 0.2) is 5.78 Å². The lowest BCUT2D eigenvalue weighted by molar-refractivity contribution is -0.120. The van der Waals surface area contributed by atoms with Crippen LogP contribution in [0.15, 0.2) is 36.4 Å². The molecule has 0 saturated heterocycles. The zero-order valence-corrected chi connectivity index (χ0v) is 16.0. The molecule has 0 radical (unpaired) electrons. The van der Waals surface area contributed by atoms with E-state index < -0.39 is 0 Å². The van der Waals surface area contributed by atoms with E-state index in [-0.39, 0.29) is 24.1 Å². The summed E-state index contributed by atoms with van der Waals surface area (Å²) in [5.74, 6) is -0.678. The van der Waals surface area contributed by atoms with Gasteiger partial charge >= 0.3 is 0 Å². The Morgan fingerprint density at radius 1 is 1.04 bits per heavy atom. The zero-order valence-electron chi connectivity index (χ0n) is 15.2. The summed E-state index contributed by atoms with van der Waals surface area (Å²) in [5.41, 5.74) is 3.45. The highest BCUT2D eigenvalue weighted by molar-refractivity contribution is 6.34. The van der Waals surface area contributed by atoms with Crippen LogP contribution < -0.4 is 10.2 Å². The van der Waals surface area contributed by atoms with Gasteiger partial charge in [-0.25, -0.2) is 0 Å². The second-order valence-electron chi connectivity index (χ2n) is 6.20. The van der Waals surface area contributed by atoms with Crippen molar-refractivity contribution in [2.45, 2.75) is 27.7 Å². The molecular weight excluding hydrogens is 352 g/mol. The molecule has 2 aromatic rings. The minimum absolute atomic E-state index is 0.0462. The highest BCUT2D eigenvalue weighted by Crippen LogP contribution is 2.31. The third kappa shape index (κ3) is 4.70. The van der Waals surface area contributed by atoms with E-state index in [4.69, 9.17) is 11.6 Å². The van der Waals surface area contributed by atoms with Crippen molar-refractivity contribution >= 4 is 40.6 Å². The highest BCUT2D eigenvalue weighted by Gasteiger charge is 2.20. The number of nitrogens with one attached hydrogen (secondary N) is 1. The summed E-state index contributed by atoms with van der Waals surface area (Å²) in [6.45, 7) is 6.48. The van der Waals surface area contributed by atoms with Crippen molar-refractivity contribution in [3.05, 3.63) is 58.1 Å². The molecule has 0 heterocycles. The lowest BCUT2D eigenvalue weighted by Crippen LogP contribution is -2.37. The van der Waals surface area contributed by atoms with Gasteiger partial charge in [0.2, 0.25) is 11.8 Å². The molecule has 2 rings (SSSR count). The van der Waals surface area contributed by atoms with E-state index in [1.807, 2.05) is 19.9 Å². The lowest BCUT2D eigenvalue weighted by Gasteiger charge is -2.24. The second-order valence-corrected chi connectivity index (χ2v) is 6.61. The van der Waals surface area contributed by atoms with Crippen molar-refractivity contribution in [3.8, 4) is 0 Å². The van der Waals surface area contributed by atoms with Crippen molar-refractivity contribution in [1.82, 2.24) is 0 Å². The van der Waals surface area contributed by atoms with Gasteiger partial charge in [0.1, 0.15) is 6.54 Å². The molecule has 0 bridgehead atoms. The smallest absolute Gasteiger partial charge is 0.244 e. The van der Waals surface area contributed by atoms with E-state index in [1.54, 1.807) is 30.3 Å². The minimum atomic E-state index is -0.355. The molecule has 0 atom stereocenters. The summed E-state index contributed by atoms with van der Waals surface area (Å²) < 4.78 is 0. The number of anilines is 2. The Balaban J connectivity index is 2.19. The van der Waals surface area contributed by atoms with Crippen LogP contribution in [-0.4, -0.2) is 24.1 Å². The number of benzene rings is 2. The van der Waals surface area contributed by atoms with Crippen molar-refractivity contribution in [1.29, 1.82) is 0 Å². The molecule has 0 unspecified atom stereocenters. The fourth-order valence-corrected chi connectivity index (χ4v) is 3.15. The molecule has 2 aromatic carbocycles. The number of rotatable bonds is 5. The van der Waals surface area contributed by atoms with Crippen molar-refractivity contribution in [2.75, 3.05) is 16.8 Å². The van der Waals surface area contributed by atoms with Gasteiger partial charge in [-0.1, -0.05) is 17.7 Å². The maximum Gasteiger partial charge on any atom is 0.244 e. The number of carbonyl (C=O) groups excluding carboxylic acids is 3. The third-order valence-electron chi connectivity index (χ3n) is 3.93. The maximum absolute atomic E-state index is 12.4. The third-order valence-corrected chi connectivity index (χ3v) is 4.21. The highest BCUT2D eigenvalue weighted by atomic mass is 35.5. The molecule has 0 aliphatic heterocycles. The van der Waals surface area contributed by atoms with Crippen LogP contribution in [0.1, 0.15) is 35.3 Å². The van der Waals surface area contributed by atoms with Gasteiger partial charge in [-0.2, -0.15) is 0 Å². The Bertz CT molecular complexity index is 837. The summed E-state index contributed by atoms with van der Waals surface area (Å²) >= 11 is 6.31. The van der Waals surface area contributed by atoms with Crippen molar-refractivity contribution in [3.63, 3.8) is 0 Å². The molecule has 5 nitrogen and oxygen atoms in total. The summed E-state index contributed by atoms with van der Waals surface area (Å²) in [4.78, 5) is 37.1. The molecule has 0 aliphatic carbocycles. The van der Waals surface area contributed by atoms with Crippen LogP contribution in [0.4, 0.5) is 11.4 Å². The van der Waals surface area contributed by atoms with Crippen LogP contribution >= 0.6 is 11.6 Å². The Kier molecular flexibility index (Phi) is 6.16. The quantitative estimate of drug-likeness (QED) is 0.801. The van der Waals surface area contributed by atoms with E-state index in [0.717, 1.165) is 11.1 Å². The van der Waals surface area contributed by atoms with Crippen LogP contribution in [0.2, 0.25) is 5.02 Å². The number of nitrogens with zero attached hydrogens (tertiary/aromatic N) is 1. The fraction of sp³-hybridized carbons (Fsp3) is 0.250. The second kappa shape index (κ2) is 8.15. The molecule has 26 heavy (non-hydrogen) atoms.